The molecule has 0 radical (unpaired) electrons. The molecule has 1 aromatic carbocycles. The van der Waals surface area contributed by atoms with Crippen molar-refractivity contribution >= 4 is 33.4 Å². The standard InChI is InChI=1S/C12H14BrClFNO2/c1-16(6-8-18-7-5-13)12(17)9-3-2-4-10(14)11(9)15/h2-4H,5-8H2,1H3. The zero-order valence-corrected chi connectivity index (χ0v) is 12.3. The minimum absolute atomic E-state index is 0.0227. The number of nitrogens with zero attached hydrogens (tertiary/aromatic N) is 1. The Balaban J connectivity index is 2.60. The number of likely N-dealkylation sites (N-methyl/N-ethyl adjacent to an activating group) is 1. The van der Waals surface area contributed by atoms with Gasteiger partial charge >= 0.3 is 0 Å². The highest BCUT2D eigenvalue weighted by atomic mass is 79.9. The number of carbonyl (C=O) groups is 1. The molecule has 0 aliphatic rings. The van der Waals surface area contributed by atoms with Crippen LogP contribution in [-0.4, -0.2) is 42.9 Å². The Kier molecular flexibility index (Phi) is 6.60. The lowest BCUT2D eigenvalue weighted by Gasteiger charge is -2.17. The Morgan fingerprint density at radius 1 is 1.50 bits per heavy atom. The number of hydrogen-bond acceptors (Lipinski definition) is 2. The highest BCUT2D eigenvalue weighted by Crippen LogP contribution is 2.18. The average molecular weight is 339 g/mol. The molecule has 0 spiro atoms. The molecule has 18 heavy (non-hydrogen) atoms. The van der Waals surface area contributed by atoms with Crippen molar-refractivity contribution in [2.24, 2.45) is 0 Å². The van der Waals surface area contributed by atoms with E-state index >= 15 is 0 Å². The minimum Gasteiger partial charge on any atom is -0.379 e. The molecule has 1 aromatic rings. The van der Waals surface area contributed by atoms with E-state index in [1.807, 2.05) is 0 Å². The first-order chi connectivity index (χ1) is 8.57. The van der Waals surface area contributed by atoms with Crippen molar-refractivity contribution in [2.45, 2.75) is 0 Å². The quantitative estimate of drug-likeness (QED) is 0.589. The van der Waals surface area contributed by atoms with Gasteiger partial charge in [0.1, 0.15) is 0 Å². The van der Waals surface area contributed by atoms with Gasteiger partial charge in [-0.05, 0) is 12.1 Å². The first kappa shape index (κ1) is 15.4. The number of alkyl halides is 1. The van der Waals surface area contributed by atoms with Gasteiger partial charge in [-0.25, -0.2) is 4.39 Å². The Morgan fingerprint density at radius 3 is 2.89 bits per heavy atom. The van der Waals surface area contributed by atoms with E-state index in [2.05, 4.69) is 15.9 Å². The fourth-order valence-electron chi connectivity index (χ4n) is 1.33. The predicted octanol–water partition coefficient (Wildman–Crippen LogP) is 2.96. The summed E-state index contributed by atoms with van der Waals surface area (Å²) in [5.41, 5.74) is -0.0227. The molecule has 0 saturated heterocycles. The van der Waals surface area contributed by atoms with Gasteiger partial charge in [0, 0.05) is 18.9 Å². The molecule has 0 unspecified atom stereocenters. The summed E-state index contributed by atoms with van der Waals surface area (Å²) in [4.78, 5) is 13.3. The van der Waals surface area contributed by atoms with Crippen molar-refractivity contribution in [3.63, 3.8) is 0 Å². The Bertz CT molecular complexity index is 417. The summed E-state index contributed by atoms with van der Waals surface area (Å²) in [6, 6.07) is 4.37. The lowest BCUT2D eigenvalue weighted by Crippen LogP contribution is -2.31. The van der Waals surface area contributed by atoms with E-state index in [1.54, 1.807) is 13.1 Å². The second kappa shape index (κ2) is 7.71. The number of hydrogen-bond donors (Lipinski definition) is 0. The Hall–Kier alpha value is -0.650. The molecule has 1 amide bonds. The van der Waals surface area contributed by atoms with Crippen LogP contribution in [0, 0.1) is 5.82 Å². The van der Waals surface area contributed by atoms with E-state index in [0.717, 1.165) is 5.33 Å². The van der Waals surface area contributed by atoms with Crippen molar-refractivity contribution in [2.75, 3.05) is 32.1 Å². The largest absolute Gasteiger partial charge is 0.379 e. The molecule has 0 N–H and O–H groups in total. The van der Waals surface area contributed by atoms with Gasteiger partial charge in [-0.15, -0.1) is 0 Å². The van der Waals surface area contributed by atoms with Gasteiger partial charge < -0.3 is 9.64 Å². The van der Waals surface area contributed by atoms with Crippen molar-refractivity contribution in [3.8, 4) is 0 Å². The van der Waals surface area contributed by atoms with Crippen LogP contribution >= 0.6 is 27.5 Å². The van der Waals surface area contributed by atoms with Crippen molar-refractivity contribution in [3.05, 3.63) is 34.6 Å². The minimum atomic E-state index is -0.683. The maximum absolute atomic E-state index is 13.6. The van der Waals surface area contributed by atoms with Gasteiger partial charge in [-0.3, -0.25) is 4.79 Å². The van der Waals surface area contributed by atoms with Gasteiger partial charge in [0.05, 0.1) is 23.8 Å². The number of ether oxygens (including phenoxy) is 1. The van der Waals surface area contributed by atoms with Gasteiger partial charge in [0.15, 0.2) is 5.82 Å². The second-order valence-electron chi connectivity index (χ2n) is 3.63. The fourth-order valence-corrected chi connectivity index (χ4v) is 1.74. The lowest BCUT2D eigenvalue weighted by molar-refractivity contribution is 0.0709. The molecule has 3 nitrogen and oxygen atoms in total. The second-order valence-corrected chi connectivity index (χ2v) is 4.83. The van der Waals surface area contributed by atoms with E-state index in [-0.39, 0.29) is 10.6 Å². The molecule has 0 bridgehead atoms. The Morgan fingerprint density at radius 2 is 2.22 bits per heavy atom. The zero-order valence-electron chi connectivity index (χ0n) is 9.96. The SMILES string of the molecule is CN(CCOCCBr)C(=O)c1cccc(Cl)c1F. The molecule has 0 aliphatic heterocycles. The van der Waals surface area contributed by atoms with Crippen LogP contribution < -0.4 is 0 Å². The van der Waals surface area contributed by atoms with E-state index in [9.17, 15) is 9.18 Å². The summed E-state index contributed by atoms with van der Waals surface area (Å²) in [6.45, 7) is 1.39. The van der Waals surface area contributed by atoms with Crippen LogP contribution in [0.5, 0.6) is 0 Å². The summed E-state index contributed by atoms with van der Waals surface area (Å²) in [6.07, 6.45) is 0. The first-order valence-corrected chi connectivity index (χ1v) is 6.91. The summed E-state index contributed by atoms with van der Waals surface area (Å²) >= 11 is 8.86. The van der Waals surface area contributed by atoms with Gasteiger partial charge in [-0.1, -0.05) is 33.6 Å². The van der Waals surface area contributed by atoms with E-state index < -0.39 is 11.7 Å². The smallest absolute Gasteiger partial charge is 0.256 e. The number of rotatable bonds is 6. The van der Waals surface area contributed by atoms with Crippen LogP contribution in [0.15, 0.2) is 18.2 Å². The van der Waals surface area contributed by atoms with E-state index in [0.29, 0.717) is 19.8 Å². The maximum atomic E-state index is 13.6. The molecule has 100 valence electrons. The molecule has 0 atom stereocenters. The molecule has 0 fully saturated rings. The first-order valence-electron chi connectivity index (χ1n) is 5.41. The average Bonchev–Trinajstić information content (AvgIpc) is 2.37. The van der Waals surface area contributed by atoms with Gasteiger partial charge in [-0.2, -0.15) is 0 Å². The lowest BCUT2D eigenvalue weighted by atomic mass is 10.2. The van der Waals surface area contributed by atoms with Crippen molar-refractivity contribution in [1.82, 2.24) is 4.90 Å². The fraction of sp³-hybridized carbons (Fsp3) is 0.417. The van der Waals surface area contributed by atoms with Gasteiger partial charge in [0.2, 0.25) is 0 Å². The summed E-state index contributed by atoms with van der Waals surface area (Å²) < 4.78 is 18.9. The highest BCUT2D eigenvalue weighted by Gasteiger charge is 2.17. The summed E-state index contributed by atoms with van der Waals surface area (Å²) in [7, 11) is 1.60. The molecule has 0 saturated carbocycles. The van der Waals surface area contributed by atoms with Crippen LogP contribution in [0.1, 0.15) is 10.4 Å². The van der Waals surface area contributed by atoms with Crippen LogP contribution in [0.4, 0.5) is 4.39 Å². The normalized spacial score (nSPS) is 10.4. The molecule has 6 heteroatoms. The third-order valence-electron chi connectivity index (χ3n) is 2.32. The maximum Gasteiger partial charge on any atom is 0.256 e. The number of halogens is 3. The third-order valence-corrected chi connectivity index (χ3v) is 2.94. The van der Waals surface area contributed by atoms with Crippen molar-refractivity contribution < 1.29 is 13.9 Å². The number of benzene rings is 1. The third kappa shape index (κ3) is 4.23. The van der Waals surface area contributed by atoms with E-state index in [1.165, 1.54) is 17.0 Å². The van der Waals surface area contributed by atoms with Crippen LogP contribution in [0.2, 0.25) is 5.02 Å². The van der Waals surface area contributed by atoms with Gasteiger partial charge in [0.25, 0.3) is 5.91 Å². The van der Waals surface area contributed by atoms with Crippen LogP contribution in [-0.2, 0) is 4.74 Å². The summed E-state index contributed by atoms with van der Waals surface area (Å²) in [5, 5.41) is 0.693. The van der Waals surface area contributed by atoms with E-state index in [4.69, 9.17) is 16.3 Å². The topological polar surface area (TPSA) is 29.5 Å². The van der Waals surface area contributed by atoms with Crippen molar-refractivity contribution in [1.29, 1.82) is 0 Å². The monoisotopic (exact) mass is 337 g/mol. The molecule has 1 rings (SSSR count). The zero-order chi connectivity index (χ0) is 13.5. The van der Waals surface area contributed by atoms with Crippen LogP contribution in [0.25, 0.3) is 0 Å². The van der Waals surface area contributed by atoms with Crippen LogP contribution in [0.3, 0.4) is 0 Å². The Labute approximate surface area is 119 Å². The molecule has 0 heterocycles. The number of carbonyl (C=O) groups excluding carboxylic acids is 1. The molecule has 0 aromatic heterocycles. The molecule has 0 aliphatic carbocycles. The molecular formula is C12H14BrClFNO2. The number of amides is 1. The highest BCUT2D eigenvalue weighted by molar-refractivity contribution is 9.09. The molecular weight excluding hydrogens is 324 g/mol. The predicted molar refractivity (Wildman–Crippen MR) is 73.0 cm³/mol. The summed E-state index contributed by atoms with van der Waals surface area (Å²) in [5.74, 6) is -1.09.